The molecule has 2 aromatic rings. The van der Waals surface area contributed by atoms with Gasteiger partial charge in [-0.3, -0.25) is 10.2 Å². The zero-order valence-electron chi connectivity index (χ0n) is 11.8. The van der Waals surface area contributed by atoms with Crippen molar-refractivity contribution in [1.82, 2.24) is 9.99 Å². The van der Waals surface area contributed by atoms with Crippen LogP contribution in [0.1, 0.15) is 41.5 Å². The second-order valence-electron chi connectivity index (χ2n) is 4.86. The lowest BCUT2D eigenvalue weighted by atomic mass is 10.2. The predicted octanol–water partition coefficient (Wildman–Crippen LogP) is 2.48. The molecule has 1 aromatic heterocycles. The molecule has 0 bridgehead atoms. The van der Waals surface area contributed by atoms with Crippen molar-refractivity contribution in [2.75, 3.05) is 0 Å². The molecule has 0 aliphatic rings. The Hall–Kier alpha value is -2.07. The molecule has 2 rings (SSSR count). The molecule has 3 N–H and O–H groups in total. The Labute approximate surface area is 119 Å². The molecule has 0 aliphatic heterocycles. The largest absolute Gasteiger partial charge is 0.336 e. The predicted molar refractivity (Wildman–Crippen MR) is 80.2 cm³/mol. The van der Waals surface area contributed by atoms with E-state index in [0.29, 0.717) is 12.2 Å². The number of carbonyl (C=O) groups is 1. The molecule has 4 nitrogen and oxygen atoms in total. The molecular formula is C16H21N3O. The number of aryl methyl sites for hydroxylation is 1. The zero-order chi connectivity index (χ0) is 14.4. The number of rotatable bonds is 6. The van der Waals surface area contributed by atoms with Gasteiger partial charge in [0, 0.05) is 12.2 Å². The van der Waals surface area contributed by atoms with Crippen LogP contribution in [0.2, 0.25) is 0 Å². The van der Waals surface area contributed by atoms with Crippen molar-refractivity contribution >= 4 is 5.91 Å². The average molecular weight is 271 g/mol. The van der Waals surface area contributed by atoms with Gasteiger partial charge in [-0.15, -0.1) is 0 Å². The Morgan fingerprint density at radius 1 is 1.20 bits per heavy atom. The Morgan fingerprint density at radius 2 is 1.95 bits per heavy atom. The fourth-order valence-electron chi connectivity index (χ4n) is 2.31. The lowest BCUT2D eigenvalue weighted by molar-refractivity contribution is 0.0944. The van der Waals surface area contributed by atoms with Crippen molar-refractivity contribution in [1.29, 1.82) is 0 Å². The Bertz CT molecular complexity index is 560. The molecule has 106 valence electrons. The standard InChI is InChI=1S/C16H21N3O/c1-2-3-9-14-10-11-15(16(20)18-17)19(14)12-13-7-5-4-6-8-13/h4-8,10-11H,2-3,9,12,17H2,1H3,(H,18,20). The van der Waals surface area contributed by atoms with Gasteiger partial charge in [0.15, 0.2) is 0 Å². The molecule has 1 aromatic carbocycles. The molecule has 0 spiro atoms. The van der Waals surface area contributed by atoms with Crippen LogP contribution in [0.25, 0.3) is 0 Å². The summed E-state index contributed by atoms with van der Waals surface area (Å²) in [5, 5.41) is 0. The van der Waals surface area contributed by atoms with Crippen molar-refractivity contribution < 1.29 is 4.79 Å². The van der Waals surface area contributed by atoms with Gasteiger partial charge in [-0.25, -0.2) is 5.84 Å². The normalized spacial score (nSPS) is 10.5. The third-order valence-electron chi connectivity index (χ3n) is 3.40. The number of amides is 1. The second kappa shape index (κ2) is 6.91. The molecule has 0 radical (unpaired) electrons. The van der Waals surface area contributed by atoms with Crippen LogP contribution < -0.4 is 11.3 Å². The summed E-state index contributed by atoms with van der Waals surface area (Å²) in [7, 11) is 0. The first-order chi connectivity index (χ1) is 9.76. The SMILES string of the molecule is CCCCc1ccc(C(=O)NN)n1Cc1ccccc1. The van der Waals surface area contributed by atoms with E-state index in [9.17, 15) is 4.79 Å². The number of nitrogens with zero attached hydrogens (tertiary/aromatic N) is 1. The highest BCUT2D eigenvalue weighted by molar-refractivity contribution is 5.92. The summed E-state index contributed by atoms with van der Waals surface area (Å²) in [5.41, 5.74) is 5.18. The Morgan fingerprint density at radius 3 is 2.60 bits per heavy atom. The van der Waals surface area contributed by atoms with Crippen LogP contribution in [-0.4, -0.2) is 10.5 Å². The highest BCUT2D eigenvalue weighted by Gasteiger charge is 2.14. The van der Waals surface area contributed by atoms with Crippen molar-refractivity contribution in [2.45, 2.75) is 32.7 Å². The van der Waals surface area contributed by atoms with Gasteiger partial charge in [0.25, 0.3) is 5.91 Å². The summed E-state index contributed by atoms with van der Waals surface area (Å²) in [6.07, 6.45) is 3.22. The first-order valence-electron chi connectivity index (χ1n) is 6.99. The number of aromatic nitrogens is 1. The highest BCUT2D eigenvalue weighted by Crippen LogP contribution is 2.15. The fraction of sp³-hybridized carbons (Fsp3) is 0.312. The zero-order valence-corrected chi connectivity index (χ0v) is 11.8. The summed E-state index contributed by atoms with van der Waals surface area (Å²) < 4.78 is 2.05. The van der Waals surface area contributed by atoms with Crippen LogP contribution in [0.5, 0.6) is 0 Å². The third-order valence-corrected chi connectivity index (χ3v) is 3.40. The topological polar surface area (TPSA) is 60.1 Å². The lowest BCUT2D eigenvalue weighted by Gasteiger charge is -2.13. The number of unbranched alkanes of at least 4 members (excludes halogenated alkanes) is 1. The van der Waals surface area contributed by atoms with E-state index in [-0.39, 0.29) is 5.91 Å². The van der Waals surface area contributed by atoms with Crippen LogP contribution in [0.15, 0.2) is 42.5 Å². The number of benzene rings is 1. The Balaban J connectivity index is 2.30. The maximum Gasteiger partial charge on any atom is 0.281 e. The number of carbonyl (C=O) groups excluding carboxylic acids is 1. The monoisotopic (exact) mass is 271 g/mol. The first-order valence-corrected chi connectivity index (χ1v) is 6.99. The van der Waals surface area contributed by atoms with Gasteiger partial charge in [0.05, 0.1) is 0 Å². The molecule has 1 heterocycles. The van der Waals surface area contributed by atoms with E-state index in [1.807, 2.05) is 34.9 Å². The highest BCUT2D eigenvalue weighted by atomic mass is 16.2. The van der Waals surface area contributed by atoms with Gasteiger partial charge in [0.2, 0.25) is 0 Å². The van der Waals surface area contributed by atoms with E-state index >= 15 is 0 Å². The smallest absolute Gasteiger partial charge is 0.281 e. The van der Waals surface area contributed by atoms with E-state index < -0.39 is 0 Å². The van der Waals surface area contributed by atoms with Crippen LogP contribution >= 0.6 is 0 Å². The summed E-state index contributed by atoms with van der Waals surface area (Å²) in [5.74, 6) is 5.02. The summed E-state index contributed by atoms with van der Waals surface area (Å²) >= 11 is 0. The van der Waals surface area contributed by atoms with E-state index in [1.54, 1.807) is 0 Å². The summed E-state index contributed by atoms with van der Waals surface area (Å²) in [6.45, 7) is 2.85. The minimum absolute atomic E-state index is 0.247. The second-order valence-corrected chi connectivity index (χ2v) is 4.86. The Kier molecular flexibility index (Phi) is 4.96. The molecule has 0 atom stereocenters. The molecule has 4 heteroatoms. The van der Waals surface area contributed by atoms with Gasteiger partial charge in [-0.1, -0.05) is 43.7 Å². The molecule has 0 fully saturated rings. The van der Waals surface area contributed by atoms with Crippen LogP contribution in [0.3, 0.4) is 0 Å². The molecule has 0 aliphatic carbocycles. The van der Waals surface area contributed by atoms with Gasteiger partial charge in [0.1, 0.15) is 5.69 Å². The molecule has 0 saturated heterocycles. The number of nitrogen functional groups attached to an aromatic ring is 1. The number of nitrogens with one attached hydrogen (secondary N) is 1. The van der Waals surface area contributed by atoms with Crippen LogP contribution in [0, 0.1) is 0 Å². The first kappa shape index (κ1) is 14.3. The molecule has 20 heavy (non-hydrogen) atoms. The maximum atomic E-state index is 11.9. The van der Waals surface area contributed by atoms with E-state index in [1.165, 1.54) is 11.3 Å². The summed E-state index contributed by atoms with van der Waals surface area (Å²) in [6, 6.07) is 14.0. The minimum atomic E-state index is -0.247. The van der Waals surface area contributed by atoms with E-state index in [0.717, 1.165) is 19.3 Å². The van der Waals surface area contributed by atoms with Gasteiger partial charge in [-0.05, 0) is 30.5 Å². The van der Waals surface area contributed by atoms with Crippen molar-refractivity contribution in [3.05, 3.63) is 59.4 Å². The molecular weight excluding hydrogens is 250 g/mol. The number of nitrogens with two attached hydrogens (primary N) is 1. The maximum absolute atomic E-state index is 11.9. The molecule has 0 unspecified atom stereocenters. The van der Waals surface area contributed by atoms with Crippen LogP contribution in [-0.2, 0) is 13.0 Å². The van der Waals surface area contributed by atoms with Crippen molar-refractivity contribution in [3.8, 4) is 0 Å². The minimum Gasteiger partial charge on any atom is -0.336 e. The van der Waals surface area contributed by atoms with E-state index in [4.69, 9.17) is 5.84 Å². The van der Waals surface area contributed by atoms with E-state index in [2.05, 4.69) is 24.5 Å². The van der Waals surface area contributed by atoms with Gasteiger partial charge >= 0.3 is 0 Å². The van der Waals surface area contributed by atoms with Crippen molar-refractivity contribution in [2.24, 2.45) is 5.84 Å². The summed E-state index contributed by atoms with van der Waals surface area (Å²) in [4.78, 5) is 11.9. The van der Waals surface area contributed by atoms with Gasteiger partial charge < -0.3 is 4.57 Å². The lowest BCUT2D eigenvalue weighted by Crippen LogP contribution is -2.32. The number of hydrogen-bond donors (Lipinski definition) is 2. The molecule has 0 saturated carbocycles. The molecule has 1 amide bonds. The number of hydrazine groups is 1. The average Bonchev–Trinajstić information content (AvgIpc) is 2.88. The fourth-order valence-corrected chi connectivity index (χ4v) is 2.31. The van der Waals surface area contributed by atoms with Crippen LogP contribution in [0.4, 0.5) is 0 Å². The van der Waals surface area contributed by atoms with Gasteiger partial charge in [-0.2, -0.15) is 0 Å². The van der Waals surface area contributed by atoms with Crippen molar-refractivity contribution in [3.63, 3.8) is 0 Å². The third kappa shape index (κ3) is 3.27. The quantitative estimate of drug-likeness (QED) is 0.482. The number of hydrogen-bond acceptors (Lipinski definition) is 2.